The van der Waals surface area contributed by atoms with Crippen molar-refractivity contribution in [2.45, 2.75) is 38.8 Å². The van der Waals surface area contributed by atoms with Crippen molar-refractivity contribution < 1.29 is 9.59 Å². The minimum atomic E-state index is -0.578. The molecule has 0 heterocycles. The molecule has 0 spiro atoms. The number of aryl methyl sites for hydroxylation is 1. The van der Waals surface area contributed by atoms with E-state index in [2.05, 4.69) is 5.32 Å². The molecule has 27 heavy (non-hydrogen) atoms. The highest BCUT2D eigenvalue weighted by Crippen LogP contribution is 2.27. The second kappa shape index (κ2) is 10.3. The second-order valence-corrected chi connectivity index (χ2v) is 7.06. The van der Waals surface area contributed by atoms with E-state index >= 15 is 0 Å². The number of hydrogen-bond donors (Lipinski definition) is 1. The zero-order valence-corrected chi connectivity index (χ0v) is 17.1. The minimum Gasteiger partial charge on any atom is -0.357 e. The zero-order chi connectivity index (χ0) is 19.8. The van der Waals surface area contributed by atoms with Crippen LogP contribution in [0.2, 0.25) is 10.0 Å². The van der Waals surface area contributed by atoms with Crippen LogP contribution in [0.4, 0.5) is 0 Å². The van der Waals surface area contributed by atoms with Gasteiger partial charge in [0.1, 0.15) is 6.04 Å². The molecular weight excluding hydrogens is 383 g/mol. The fraction of sp³-hybridized carbons (Fsp3) is 0.333. The van der Waals surface area contributed by atoms with Crippen LogP contribution in [0.1, 0.15) is 30.9 Å². The van der Waals surface area contributed by atoms with Gasteiger partial charge in [-0.1, -0.05) is 66.5 Å². The van der Waals surface area contributed by atoms with Gasteiger partial charge in [-0.3, -0.25) is 9.59 Å². The molecule has 0 bridgehead atoms. The van der Waals surface area contributed by atoms with E-state index in [-0.39, 0.29) is 18.4 Å². The van der Waals surface area contributed by atoms with Crippen molar-refractivity contribution in [2.24, 2.45) is 0 Å². The van der Waals surface area contributed by atoms with E-state index in [9.17, 15) is 9.59 Å². The molecule has 0 radical (unpaired) electrons. The van der Waals surface area contributed by atoms with Crippen LogP contribution in [-0.2, 0) is 22.6 Å². The summed E-state index contributed by atoms with van der Waals surface area (Å²) in [5, 5.41) is 3.60. The van der Waals surface area contributed by atoms with E-state index in [1.807, 2.05) is 37.3 Å². The topological polar surface area (TPSA) is 49.4 Å². The summed E-state index contributed by atoms with van der Waals surface area (Å²) in [5.41, 5.74) is 1.73. The van der Waals surface area contributed by atoms with Crippen LogP contribution >= 0.6 is 23.2 Å². The van der Waals surface area contributed by atoms with E-state index in [0.29, 0.717) is 34.9 Å². The standard InChI is InChI=1S/C21H24Cl2N2O2/c1-3-19(21(27)24-2)25(14-16-17(22)10-7-11-18(16)23)20(26)13-12-15-8-5-4-6-9-15/h4-11,19H,3,12-14H2,1-2H3,(H,24,27)/t19-/m1/s1. The van der Waals surface area contributed by atoms with Crippen LogP contribution in [0.15, 0.2) is 48.5 Å². The summed E-state index contributed by atoms with van der Waals surface area (Å²) in [7, 11) is 1.57. The molecular formula is C21H24Cl2N2O2. The third-order valence-corrected chi connectivity index (χ3v) is 5.20. The molecule has 6 heteroatoms. The lowest BCUT2D eigenvalue weighted by Gasteiger charge is -2.31. The third kappa shape index (κ3) is 5.72. The molecule has 144 valence electrons. The molecule has 0 aromatic heterocycles. The average molecular weight is 407 g/mol. The first-order valence-corrected chi connectivity index (χ1v) is 9.71. The Morgan fingerprint density at radius 2 is 1.67 bits per heavy atom. The Hall–Kier alpha value is -2.04. The average Bonchev–Trinajstić information content (AvgIpc) is 2.68. The Balaban J connectivity index is 2.25. The SMILES string of the molecule is CC[C@H](C(=O)NC)N(Cc1c(Cl)cccc1Cl)C(=O)CCc1ccccc1. The minimum absolute atomic E-state index is 0.106. The highest BCUT2D eigenvalue weighted by Gasteiger charge is 2.28. The highest BCUT2D eigenvalue weighted by atomic mass is 35.5. The summed E-state index contributed by atoms with van der Waals surface area (Å²) >= 11 is 12.6. The van der Waals surface area contributed by atoms with Gasteiger partial charge < -0.3 is 10.2 Å². The Bertz CT molecular complexity index is 761. The summed E-state index contributed by atoms with van der Waals surface area (Å²) in [4.78, 5) is 27.0. The summed E-state index contributed by atoms with van der Waals surface area (Å²) in [6.07, 6.45) is 1.41. The lowest BCUT2D eigenvalue weighted by atomic mass is 10.1. The quantitative estimate of drug-likeness (QED) is 0.702. The van der Waals surface area contributed by atoms with Gasteiger partial charge in [0, 0.05) is 35.6 Å². The second-order valence-electron chi connectivity index (χ2n) is 6.25. The van der Waals surface area contributed by atoms with Gasteiger partial charge in [-0.05, 0) is 30.5 Å². The summed E-state index contributed by atoms with van der Waals surface area (Å²) in [5.74, 6) is -0.306. The van der Waals surface area contributed by atoms with Crippen LogP contribution < -0.4 is 5.32 Å². The highest BCUT2D eigenvalue weighted by molar-refractivity contribution is 6.36. The normalized spacial score (nSPS) is 11.7. The molecule has 2 aromatic rings. The number of amides is 2. The number of nitrogens with zero attached hydrogens (tertiary/aromatic N) is 1. The third-order valence-electron chi connectivity index (χ3n) is 4.49. The van der Waals surface area contributed by atoms with Gasteiger partial charge in [0.2, 0.25) is 11.8 Å². The fourth-order valence-corrected chi connectivity index (χ4v) is 3.50. The number of hydrogen-bond acceptors (Lipinski definition) is 2. The summed E-state index contributed by atoms with van der Waals surface area (Å²) in [6.45, 7) is 2.07. The molecule has 2 aromatic carbocycles. The summed E-state index contributed by atoms with van der Waals surface area (Å²) in [6, 6.07) is 14.4. The Labute approximate surface area is 170 Å². The van der Waals surface area contributed by atoms with Crippen LogP contribution in [0, 0.1) is 0 Å². The number of halogens is 2. The van der Waals surface area contributed by atoms with Crippen LogP contribution in [0.3, 0.4) is 0 Å². The lowest BCUT2D eigenvalue weighted by molar-refractivity contribution is -0.141. The van der Waals surface area contributed by atoms with Gasteiger partial charge in [0.05, 0.1) is 0 Å². The van der Waals surface area contributed by atoms with Gasteiger partial charge in [0.25, 0.3) is 0 Å². The zero-order valence-electron chi connectivity index (χ0n) is 15.5. The molecule has 0 saturated heterocycles. The smallest absolute Gasteiger partial charge is 0.242 e. The van der Waals surface area contributed by atoms with E-state index in [0.717, 1.165) is 5.56 Å². The summed E-state index contributed by atoms with van der Waals surface area (Å²) < 4.78 is 0. The first-order chi connectivity index (χ1) is 13.0. The maximum Gasteiger partial charge on any atom is 0.242 e. The predicted molar refractivity (Wildman–Crippen MR) is 110 cm³/mol. The number of likely N-dealkylation sites (N-methyl/N-ethyl adjacent to an activating group) is 1. The molecule has 0 aliphatic heterocycles. The maximum atomic E-state index is 13.0. The molecule has 0 saturated carbocycles. The first-order valence-electron chi connectivity index (χ1n) is 8.95. The first kappa shape index (κ1) is 21.3. The van der Waals surface area contributed by atoms with Crippen LogP contribution in [0.25, 0.3) is 0 Å². The van der Waals surface area contributed by atoms with E-state index in [4.69, 9.17) is 23.2 Å². The molecule has 0 fully saturated rings. The molecule has 0 aliphatic rings. The Morgan fingerprint density at radius 3 is 2.22 bits per heavy atom. The van der Waals surface area contributed by atoms with Gasteiger partial charge in [0.15, 0.2) is 0 Å². The van der Waals surface area contributed by atoms with Crippen molar-refractivity contribution in [2.75, 3.05) is 7.05 Å². The van der Waals surface area contributed by atoms with E-state index in [1.165, 1.54) is 0 Å². The largest absolute Gasteiger partial charge is 0.357 e. The number of nitrogens with one attached hydrogen (secondary N) is 1. The van der Waals surface area contributed by atoms with Crippen molar-refractivity contribution in [3.63, 3.8) is 0 Å². The fourth-order valence-electron chi connectivity index (χ4n) is 2.98. The molecule has 2 rings (SSSR count). The van der Waals surface area contributed by atoms with Gasteiger partial charge >= 0.3 is 0 Å². The number of carbonyl (C=O) groups is 2. The number of rotatable bonds is 8. The monoisotopic (exact) mass is 406 g/mol. The van der Waals surface area contributed by atoms with E-state index < -0.39 is 6.04 Å². The Morgan fingerprint density at radius 1 is 1.04 bits per heavy atom. The van der Waals surface area contributed by atoms with Crippen LogP contribution in [-0.4, -0.2) is 29.8 Å². The van der Waals surface area contributed by atoms with Crippen molar-refractivity contribution in [3.8, 4) is 0 Å². The maximum absolute atomic E-state index is 13.0. The van der Waals surface area contributed by atoms with E-state index in [1.54, 1.807) is 30.1 Å². The molecule has 1 atom stereocenters. The molecule has 1 N–H and O–H groups in total. The number of benzene rings is 2. The van der Waals surface area contributed by atoms with Crippen molar-refractivity contribution in [3.05, 3.63) is 69.7 Å². The van der Waals surface area contributed by atoms with Crippen molar-refractivity contribution >= 4 is 35.0 Å². The number of carbonyl (C=O) groups excluding carboxylic acids is 2. The van der Waals surface area contributed by atoms with Gasteiger partial charge in [-0.15, -0.1) is 0 Å². The van der Waals surface area contributed by atoms with Crippen molar-refractivity contribution in [1.29, 1.82) is 0 Å². The van der Waals surface area contributed by atoms with Gasteiger partial charge in [-0.25, -0.2) is 0 Å². The van der Waals surface area contributed by atoms with Crippen LogP contribution in [0.5, 0.6) is 0 Å². The molecule has 2 amide bonds. The molecule has 0 aliphatic carbocycles. The Kier molecular flexibility index (Phi) is 8.14. The molecule has 4 nitrogen and oxygen atoms in total. The lowest BCUT2D eigenvalue weighted by Crippen LogP contribution is -2.48. The molecule has 0 unspecified atom stereocenters. The van der Waals surface area contributed by atoms with Crippen molar-refractivity contribution in [1.82, 2.24) is 10.2 Å². The van der Waals surface area contributed by atoms with Gasteiger partial charge in [-0.2, -0.15) is 0 Å². The predicted octanol–water partition coefficient (Wildman–Crippen LogP) is 4.48.